The van der Waals surface area contributed by atoms with E-state index < -0.39 is 5.97 Å². The van der Waals surface area contributed by atoms with Gasteiger partial charge in [-0.2, -0.15) is 0 Å². The second-order valence-electron chi connectivity index (χ2n) is 6.31. The minimum Gasteiger partial charge on any atom is -0.504 e. The van der Waals surface area contributed by atoms with Crippen LogP contribution in [0.5, 0.6) is 5.75 Å². The number of hydrogen-bond donors (Lipinski definition) is 2. The summed E-state index contributed by atoms with van der Waals surface area (Å²) < 4.78 is 10.9. The molecule has 3 heterocycles. The van der Waals surface area contributed by atoms with Gasteiger partial charge in [-0.1, -0.05) is 30.3 Å². The third-order valence-electron chi connectivity index (χ3n) is 4.39. The maximum Gasteiger partial charge on any atom is 0.347 e. The van der Waals surface area contributed by atoms with Crippen LogP contribution in [0, 0.1) is 0 Å². The van der Waals surface area contributed by atoms with E-state index in [1.807, 2.05) is 36.4 Å². The lowest BCUT2D eigenvalue weighted by Crippen LogP contribution is -2.08. The number of anilines is 1. The zero-order chi connectivity index (χ0) is 20.2. The molecular formula is C22H19N3O4. The van der Waals surface area contributed by atoms with Crippen LogP contribution in [0.3, 0.4) is 0 Å². The molecule has 0 atom stereocenters. The Hall–Kier alpha value is -3.87. The van der Waals surface area contributed by atoms with E-state index in [9.17, 15) is 9.90 Å². The van der Waals surface area contributed by atoms with Crippen molar-refractivity contribution < 1.29 is 19.1 Å². The lowest BCUT2D eigenvalue weighted by Gasteiger charge is -2.06. The Morgan fingerprint density at radius 2 is 2.07 bits per heavy atom. The maximum atomic E-state index is 12.4. The van der Waals surface area contributed by atoms with Crippen LogP contribution >= 0.6 is 0 Å². The van der Waals surface area contributed by atoms with E-state index in [1.54, 1.807) is 31.5 Å². The zero-order valence-corrected chi connectivity index (χ0v) is 15.8. The van der Waals surface area contributed by atoms with Crippen LogP contribution in [-0.2, 0) is 11.3 Å². The van der Waals surface area contributed by atoms with E-state index in [4.69, 9.17) is 9.15 Å². The summed E-state index contributed by atoms with van der Waals surface area (Å²) in [6, 6.07) is 13.3. The number of ether oxygens (including phenoxy) is 1. The molecule has 0 aliphatic carbocycles. The van der Waals surface area contributed by atoms with Gasteiger partial charge in [0.05, 0.1) is 6.61 Å². The van der Waals surface area contributed by atoms with Gasteiger partial charge in [0.25, 0.3) is 0 Å². The number of carbonyl (C=O) groups excluding carboxylic acids is 1. The first-order valence-electron chi connectivity index (χ1n) is 9.19. The average molecular weight is 389 g/mol. The number of furan rings is 1. The molecule has 0 bridgehead atoms. The first-order valence-corrected chi connectivity index (χ1v) is 9.19. The number of rotatable bonds is 6. The molecule has 146 valence electrons. The molecule has 0 radical (unpaired) electrons. The first-order chi connectivity index (χ1) is 14.2. The highest BCUT2D eigenvalue weighted by molar-refractivity contribution is 6.21. The van der Waals surface area contributed by atoms with Crippen molar-refractivity contribution in [2.45, 2.75) is 13.5 Å². The lowest BCUT2D eigenvalue weighted by atomic mass is 10.1. The van der Waals surface area contributed by atoms with Crippen LogP contribution in [0.25, 0.3) is 11.6 Å². The average Bonchev–Trinajstić information content (AvgIpc) is 3.29. The predicted octanol–water partition coefficient (Wildman–Crippen LogP) is 4.43. The van der Waals surface area contributed by atoms with Gasteiger partial charge < -0.3 is 19.6 Å². The van der Waals surface area contributed by atoms with Gasteiger partial charge in [0, 0.05) is 30.1 Å². The van der Waals surface area contributed by atoms with Gasteiger partial charge in [-0.25, -0.2) is 14.8 Å². The largest absolute Gasteiger partial charge is 0.504 e. The SMILES string of the molecule is CCOC(=O)c1c(NCc2ccccc2)oc(/C=C2\C=Nc3ncccc32)c1O. The highest BCUT2D eigenvalue weighted by Crippen LogP contribution is 2.38. The van der Waals surface area contributed by atoms with E-state index in [0.717, 1.165) is 16.7 Å². The van der Waals surface area contributed by atoms with Gasteiger partial charge in [0.1, 0.15) is 0 Å². The molecule has 7 nitrogen and oxygen atoms in total. The Kier molecular flexibility index (Phi) is 5.11. The Balaban J connectivity index is 1.69. The molecule has 1 aromatic carbocycles. The summed E-state index contributed by atoms with van der Waals surface area (Å²) in [7, 11) is 0. The summed E-state index contributed by atoms with van der Waals surface area (Å²) in [6.07, 6.45) is 4.93. The van der Waals surface area contributed by atoms with E-state index in [-0.39, 0.29) is 29.6 Å². The summed E-state index contributed by atoms with van der Waals surface area (Å²) >= 11 is 0. The second kappa shape index (κ2) is 8.02. The van der Waals surface area contributed by atoms with Gasteiger partial charge in [-0.05, 0) is 30.7 Å². The van der Waals surface area contributed by atoms with E-state index in [2.05, 4.69) is 15.3 Å². The van der Waals surface area contributed by atoms with Crippen molar-refractivity contribution in [3.8, 4) is 5.75 Å². The smallest absolute Gasteiger partial charge is 0.347 e. The first kappa shape index (κ1) is 18.5. The zero-order valence-electron chi connectivity index (χ0n) is 15.8. The molecular weight excluding hydrogens is 370 g/mol. The third kappa shape index (κ3) is 3.75. The number of hydrogen-bond acceptors (Lipinski definition) is 7. The molecule has 3 aromatic rings. The number of aromatic hydroxyl groups is 1. The summed E-state index contributed by atoms with van der Waals surface area (Å²) in [5.74, 6) is -0.0500. The Morgan fingerprint density at radius 1 is 1.24 bits per heavy atom. The monoisotopic (exact) mass is 389 g/mol. The number of aliphatic imine (C=N–C) groups is 1. The number of nitrogens with one attached hydrogen (secondary N) is 1. The summed E-state index contributed by atoms with van der Waals surface area (Å²) in [5, 5.41) is 13.7. The Morgan fingerprint density at radius 3 is 2.86 bits per heavy atom. The fourth-order valence-electron chi connectivity index (χ4n) is 3.01. The van der Waals surface area contributed by atoms with Crippen molar-refractivity contribution in [1.29, 1.82) is 0 Å². The quantitative estimate of drug-likeness (QED) is 0.606. The number of nitrogens with zero attached hydrogens (tertiary/aromatic N) is 2. The number of esters is 1. The van der Waals surface area contributed by atoms with Crippen LogP contribution < -0.4 is 5.32 Å². The molecule has 1 aliphatic heterocycles. The van der Waals surface area contributed by atoms with Gasteiger partial charge in [-0.15, -0.1) is 0 Å². The van der Waals surface area contributed by atoms with E-state index in [0.29, 0.717) is 12.4 Å². The standard InChI is InChI=1S/C22H19N3O4/c1-2-28-22(27)18-19(26)17(11-15-13-24-20-16(15)9-6-10-23-20)29-21(18)25-12-14-7-4-3-5-8-14/h3-11,13,25-26H,2,12H2,1H3/b15-11+. The van der Waals surface area contributed by atoms with E-state index >= 15 is 0 Å². The summed E-state index contributed by atoms with van der Waals surface area (Å²) in [6.45, 7) is 2.31. The van der Waals surface area contributed by atoms with Gasteiger partial charge >= 0.3 is 5.97 Å². The van der Waals surface area contributed by atoms with E-state index in [1.165, 1.54) is 0 Å². The van der Waals surface area contributed by atoms with Crippen LogP contribution in [0.4, 0.5) is 11.7 Å². The van der Waals surface area contributed by atoms with Crippen molar-refractivity contribution >= 4 is 35.5 Å². The van der Waals surface area contributed by atoms with Crippen LogP contribution in [0.2, 0.25) is 0 Å². The van der Waals surface area contributed by atoms with Gasteiger partial charge in [-0.3, -0.25) is 0 Å². The molecule has 0 fully saturated rings. The molecule has 2 N–H and O–H groups in total. The van der Waals surface area contributed by atoms with Crippen molar-refractivity contribution in [1.82, 2.24) is 4.98 Å². The highest BCUT2D eigenvalue weighted by atomic mass is 16.5. The Bertz CT molecular complexity index is 1100. The number of benzene rings is 1. The molecule has 4 rings (SSSR count). The topological polar surface area (TPSA) is 97.0 Å². The van der Waals surface area contributed by atoms with Crippen LogP contribution in [0.1, 0.15) is 34.2 Å². The minimum atomic E-state index is -0.656. The number of carbonyl (C=O) groups is 1. The molecule has 2 aromatic heterocycles. The maximum absolute atomic E-state index is 12.4. The van der Waals surface area contributed by atoms with Crippen LogP contribution in [0.15, 0.2) is 58.1 Å². The predicted molar refractivity (Wildman–Crippen MR) is 110 cm³/mol. The molecule has 0 saturated heterocycles. The van der Waals surface area contributed by atoms with Gasteiger partial charge in [0.2, 0.25) is 5.88 Å². The minimum absolute atomic E-state index is 0.0315. The van der Waals surface area contributed by atoms with Gasteiger partial charge in [0.15, 0.2) is 22.9 Å². The number of fused-ring (bicyclic) bond motifs is 1. The number of pyridine rings is 1. The molecule has 1 aliphatic rings. The fourth-order valence-corrected chi connectivity index (χ4v) is 3.01. The molecule has 0 unspecified atom stereocenters. The molecule has 29 heavy (non-hydrogen) atoms. The van der Waals surface area contributed by atoms with Crippen LogP contribution in [-0.4, -0.2) is 28.9 Å². The third-order valence-corrected chi connectivity index (χ3v) is 4.39. The van der Waals surface area contributed by atoms with Crippen molar-refractivity contribution in [3.05, 3.63) is 71.1 Å². The molecule has 0 amide bonds. The second-order valence-corrected chi connectivity index (χ2v) is 6.31. The Labute approximate surface area is 167 Å². The summed E-state index contributed by atoms with van der Waals surface area (Å²) in [4.78, 5) is 20.8. The molecule has 0 spiro atoms. The van der Waals surface area contributed by atoms with Crippen molar-refractivity contribution in [2.24, 2.45) is 4.99 Å². The highest BCUT2D eigenvalue weighted by Gasteiger charge is 2.27. The number of aromatic nitrogens is 1. The lowest BCUT2D eigenvalue weighted by molar-refractivity contribution is 0.0524. The molecule has 0 saturated carbocycles. The summed E-state index contributed by atoms with van der Waals surface area (Å²) in [5.41, 5.74) is 2.51. The number of allylic oxidation sites excluding steroid dienone is 1. The molecule has 7 heteroatoms. The van der Waals surface area contributed by atoms with Crippen molar-refractivity contribution in [3.63, 3.8) is 0 Å². The normalized spacial score (nSPS) is 13.5. The fraction of sp³-hybridized carbons (Fsp3) is 0.136. The van der Waals surface area contributed by atoms with Crippen molar-refractivity contribution in [2.75, 3.05) is 11.9 Å².